The second kappa shape index (κ2) is 12.0. The van der Waals surface area contributed by atoms with Gasteiger partial charge in [0, 0.05) is 42.4 Å². The number of nitrogens with two attached hydrogens (primary N) is 1. The molecule has 35 heavy (non-hydrogen) atoms. The lowest BCUT2D eigenvalue weighted by Gasteiger charge is -2.19. The molecule has 1 aromatic heterocycles. The van der Waals surface area contributed by atoms with Crippen molar-refractivity contribution in [3.05, 3.63) is 101 Å². The van der Waals surface area contributed by atoms with Gasteiger partial charge in [-0.2, -0.15) is 0 Å². The minimum Gasteiger partial charge on any atom is -0.512 e. The number of pyridine rings is 1. The number of hydrogen-bond acceptors (Lipinski definition) is 5. The number of hydrogen-bond donors (Lipinski definition) is 3. The second-order valence-corrected chi connectivity index (χ2v) is 8.55. The molecule has 0 saturated carbocycles. The number of aliphatic hydroxyl groups is 1. The van der Waals surface area contributed by atoms with Crippen LogP contribution in [0.2, 0.25) is 0 Å². The lowest BCUT2D eigenvalue weighted by Crippen LogP contribution is -2.08. The number of aliphatic carboxylic acids is 1. The van der Waals surface area contributed by atoms with E-state index in [9.17, 15) is 15.0 Å². The highest BCUT2D eigenvalue weighted by molar-refractivity contribution is 5.77. The van der Waals surface area contributed by atoms with Crippen LogP contribution >= 0.6 is 0 Å². The predicted octanol–water partition coefficient (Wildman–Crippen LogP) is 6.13. The quantitative estimate of drug-likeness (QED) is 0.242. The second-order valence-electron chi connectivity index (χ2n) is 8.55. The van der Waals surface area contributed by atoms with Gasteiger partial charge in [-0.3, -0.25) is 9.78 Å². The molecule has 0 radical (unpaired) electrons. The van der Waals surface area contributed by atoms with Gasteiger partial charge in [-0.15, -0.1) is 0 Å². The minimum atomic E-state index is -0.940. The standard InChI is InChI=1S/C29H32N2O4/c1-4-26(32)25(23-7-5-6-20(14-23)18-30)17-27(19(2)3)35-28-15-22(21-10-12-31-13-11-21)8-9-24(28)16-29(33)34/h5-15,17,19,32H,4,16,18,30H2,1-3H3,(H,33,34)/b26-25-,27-17+. The normalized spacial score (nSPS) is 12.4. The van der Waals surface area contributed by atoms with Gasteiger partial charge in [-0.1, -0.05) is 51.1 Å². The molecule has 1 heterocycles. The lowest BCUT2D eigenvalue weighted by molar-refractivity contribution is -0.136. The number of benzene rings is 2. The molecule has 0 saturated heterocycles. The Hall–Kier alpha value is -3.90. The highest BCUT2D eigenvalue weighted by Crippen LogP contribution is 2.32. The molecule has 0 bridgehead atoms. The molecule has 6 heteroatoms. The van der Waals surface area contributed by atoms with Crippen LogP contribution in [0.25, 0.3) is 16.7 Å². The zero-order valence-electron chi connectivity index (χ0n) is 20.4. The number of aromatic nitrogens is 1. The molecule has 182 valence electrons. The first-order valence-electron chi connectivity index (χ1n) is 11.7. The third-order valence-corrected chi connectivity index (χ3v) is 5.63. The fourth-order valence-corrected chi connectivity index (χ4v) is 3.66. The molecule has 0 aliphatic heterocycles. The van der Waals surface area contributed by atoms with E-state index in [2.05, 4.69) is 4.98 Å². The topological polar surface area (TPSA) is 106 Å². The van der Waals surface area contributed by atoms with Gasteiger partial charge in [-0.05, 0) is 52.6 Å². The average molecular weight is 473 g/mol. The van der Waals surface area contributed by atoms with Crippen LogP contribution in [0.3, 0.4) is 0 Å². The number of ether oxygens (including phenoxy) is 1. The van der Waals surface area contributed by atoms with E-state index >= 15 is 0 Å². The highest BCUT2D eigenvalue weighted by Gasteiger charge is 2.16. The Morgan fingerprint density at radius 1 is 1.06 bits per heavy atom. The van der Waals surface area contributed by atoms with Crippen molar-refractivity contribution < 1.29 is 19.7 Å². The van der Waals surface area contributed by atoms with Gasteiger partial charge in [0.15, 0.2) is 0 Å². The summed E-state index contributed by atoms with van der Waals surface area (Å²) >= 11 is 0. The Balaban J connectivity index is 2.10. The number of allylic oxidation sites excluding steroid dienone is 4. The van der Waals surface area contributed by atoms with Crippen molar-refractivity contribution >= 4 is 11.5 Å². The number of carbonyl (C=O) groups is 1. The van der Waals surface area contributed by atoms with Gasteiger partial charge >= 0.3 is 5.97 Å². The van der Waals surface area contributed by atoms with E-state index in [0.717, 1.165) is 22.3 Å². The molecular weight excluding hydrogens is 440 g/mol. The summed E-state index contributed by atoms with van der Waals surface area (Å²) in [6, 6.07) is 17.0. The molecule has 0 aliphatic rings. The average Bonchev–Trinajstić information content (AvgIpc) is 2.87. The number of rotatable bonds is 10. The van der Waals surface area contributed by atoms with E-state index in [4.69, 9.17) is 10.5 Å². The van der Waals surface area contributed by atoms with Gasteiger partial charge in [0.2, 0.25) is 0 Å². The van der Waals surface area contributed by atoms with Crippen molar-refractivity contribution in [2.24, 2.45) is 11.7 Å². The van der Waals surface area contributed by atoms with Crippen LogP contribution in [-0.4, -0.2) is 21.2 Å². The summed E-state index contributed by atoms with van der Waals surface area (Å²) in [6.45, 7) is 6.26. The van der Waals surface area contributed by atoms with Crippen molar-refractivity contribution in [1.29, 1.82) is 0 Å². The monoisotopic (exact) mass is 472 g/mol. The summed E-state index contributed by atoms with van der Waals surface area (Å²) in [4.78, 5) is 15.6. The van der Waals surface area contributed by atoms with Crippen LogP contribution in [-0.2, 0) is 17.8 Å². The smallest absolute Gasteiger partial charge is 0.307 e. The molecule has 3 rings (SSSR count). The van der Waals surface area contributed by atoms with Crippen molar-refractivity contribution in [2.45, 2.75) is 40.2 Å². The van der Waals surface area contributed by atoms with Crippen LogP contribution in [0.5, 0.6) is 5.75 Å². The van der Waals surface area contributed by atoms with Crippen LogP contribution < -0.4 is 10.5 Å². The molecule has 0 fully saturated rings. The van der Waals surface area contributed by atoms with Crippen molar-refractivity contribution in [3.63, 3.8) is 0 Å². The molecule has 0 spiro atoms. The first-order valence-corrected chi connectivity index (χ1v) is 11.7. The maximum absolute atomic E-state index is 11.5. The SMILES string of the molecule is CC/C(O)=C(\C=C(\Oc1cc(-c2ccncc2)ccc1CC(=O)O)C(C)C)c1cccc(CN)c1. The van der Waals surface area contributed by atoms with Crippen LogP contribution in [0.1, 0.15) is 43.9 Å². The van der Waals surface area contributed by atoms with Gasteiger partial charge in [0.1, 0.15) is 11.5 Å². The van der Waals surface area contributed by atoms with Gasteiger partial charge < -0.3 is 20.7 Å². The zero-order valence-corrected chi connectivity index (χ0v) is 20.4. The van der Waals surface area contributed by atoms with E-state index in [-0.39, 0.29) is 18.1 Å². The minimum absolute atomic E-state index is 0.0328. The molecule has 6 nitrogen and oxygen atoms in total. The first kappa shape index (κ1) is 25.7. The van der Waals surface area contributed by atoms with Crippen LogP contribution in [0.15, 0.2) is 84.6 Å². The van der Waals surface area contributed by atoms with Gasteiger partial charge in [0.25, 0.3) is 0 Å². The molecule has 0 aliphatic carbocycles. The summed E-state index contributed by atoms with van der Waals surface area (Å²) < 4.78 is 6.39. The maximum Gasteiger partial charge on any atom is 0.307 e. The Labute approximate surface area is 206 Å². The largest absolute Gasteiger partial charge is 0.512 e. The van der Waals surface area contributed by atoms with Gasteiger partial charge in [0.05, 0.1) is 12.2 Å². The third-order valence-electron chi connectivity index (χ3n) is 5.63. The Kier molecular flexibility index (Phi) is 8.81. The fourth-order valence-electron chi connectivity index (χ4n) is 3.66. The molecular formula is C29H32N2O4. The van der Waals surface area contributed by atoms with Gasteiger partial charge in [-0.25, -0.2) is 0 Å². The van der Waals surface area contributed by atoms with Crippen molar-refractivity contribution in [3.8, 4) is 16.9 Å². The van der Waals surface area contributed by atoms with E-state index in [1.165, 1.54) is 0 Å². The molecule has 0 unspecified atom stereocenters. The number of carboxylic acid groups (broad SMARTS) is 1. The van der Waals surface area contributed by atoms with E-state index < -0.39 is 5.97 Å². The summed E-state index contributed by atoms with van der Waals surface area (Å²) in [5.74, 6) is 0.334. The van der Waals surface area contributed by atoms with Crippen molar-refractivity contribution in [1.82, 2.24) is 4.98 Å². The summed E-state index contributed by atoms with van der Waals surface area (Å²) in [5, 5.41) is 20.2. The Bertz CT molecular complexity index is 1230. The Morgan fingerprint density at radius 3 is 2.43 bits per heavy atom. The first-order chi connectivity index (χ1) is 16.8. The molecule has 3 aromatic rings. The lowest BCUT2D eigenvalue weighted by atomic mass is 9.98. The molecule has 0 amide bonds. The molecule has 2 aromatic carbocycles. The third kappa shape index (κ3) is 6.80. The van der Waals surface area contributed by atoms with Crippen LogP contribution in [0, 0.1) is 5.92 Å². The summed E-state index contributed by atoms with van der Waals surface area (Å²) in [7, 11) is 0. The summed E-state index contributed by atoms with van der Waals surface area (Å²) in [5.41, 5.74) is 10.7. The number of carboxylic acids is 1. The Morgan fingerprint density at radius 2 is 1.80 bits per heavy atom. The fraction of sp³-hybridized carbons (Fsp3) is 0.241. The van der Waals surface area contributed by atoms with E-state index in [0.29, 0.717) is 35.6 Å². The summed E-state index contributed by atoms with van der Waals surface area (Å²) in [6.07, 6.45) is 5.54. The molecule has 0 atom stereocenters. The molecule has 4 N–H and O–H groups in total. The van der Waals surface area contributed by atoms with E-state index in [1.807, 2.05) is 75.4 Å². The zero-order chi connectivity index (χ0) is 25.4. The number of aliphatic hydroxyl groups excluding tert-OH is 1. The van der Waals surface area contributed by atoms with Crippen molar-refractivity contribution in [2.75, 3.05) is 0 Å². The maximum atomic E-state index is 11.5. The highest BCUT2D eigenvalue weighted by atomic mass is 16.5. The van der Waals surface area contributed by atoms with E-state index in [1.54, 1.807) is 18.5 Å². The predicted molar refractivity (Wildman–Crippen MR) is 139 cm³/mol. The number of nitrogens with zero attached hydrogens (tertiary/aromatic N) is 1. The van der Waals surface area contributed by atoms with Crippen LogP contribution in [0.4, 0.5) is 0 Å².